The van der Waals surface area contributed by atoms with Gasteiger partial charge in [-0.2, -0.15) is 0 Å². The van der Waals surface area contributed by atoms with Crippen LogP contribution in [0.2, 0.25) is 5.02 Å². The van der Waals surface area contributed by atoms with E-state index < -0.39 is 5.97 Å². The number of carbonyl (C=O) groups is 2. The molecule has 3 rings (SSSR count). The monoisotopic (exact) mass is 440 g/mol. The number of hydrogen-bond donors (Lipinski definition) is 3. The van der Waals surface area contributed by atoms with Crippen LogP contribution in [0.1, 0.15) is 36.7 Å². The molecule has 0 saturated carbocycles. The van der Waals surface area contributed by atoms with Crippen LogP contribution in [-0.4, -0.2) is 29.1 Å². The average Bonchev–Trinajstić information content (AvgIpc) is 2.69. The zero-order valence-corrected chi connectivity index (χ0v) is 18.4. The number of aromatic carboxylic acids is 1. The molecule has 0 saturated heterocycles. The van der Waals surface area contributed by atoms with Gasteiger partial charge in [0.2, 0.25) is 0 Å². The lowest BCUT2D eigenvalue weighted by atomic mass is 10.0. The van der Waals surface area contributed by atoms with E-state index in [1.54, 1.807) is 12.1 Å². The molecule has 3 N–H and O–H groups in total. The number of carboxylic acid groups (broad SMARTS) is 1. The SMILES string of the molecule is CC(C)(C)NC(=O)COc1ccc2ccccc2c1CNc1ccc(C(=O)O)c(Cl)c1. The fraction of sp³-hybridized carbons (Fsp3) is 0.250. The molecule has 6 nitrogen and oxygen atoms in total. The number of nitrogens with one attached hydrogen (secondary N) is 2. The van der Waals surface area contributed by atoms with Gasteiger partial charge < -0.3 is 20.5 Å². The molecule has 0 aliphatic heterocycles. The Labute approximate surface area is 186 Å². The van der Waals surface area contributed by atoms with Crippen molar-refractivity contribution in [3.05, 3.63) is 70.7 Å². The van der Waals surface area contributed by atoms with Crippen molar-refractivity contribution in [3.8, 4) is 5.75 Å². The number of fused-ring (bicyclic) bond motifs is 1. The molecule has 0 atom stereocenters. The molecule has 0 aliphatic rings. The lowest BCUT2D eigenvalue weighted by Crippen LogP contribution is -2.43. The second-order valence-corrected chi connectivity index (χ2v) is 8.61. The first-order valence-electron chi connectivity index (χ1n) is 9.85. The van der Waals surface area contributed by atoms with Gasteiger partial charge in [0.15, 0.2) is 6.61 Å². The van der Waals surface area contributed by atoms with Gasteiger partial charge >= 0.3 is 5.97 Å². The van der Waals surface area contributed by atoms with E-state index in [9.17, 15) is 9.59 Å². The molecule has 7 heteroatoms. The average molecular weight is 441 g/mol. The summed E-state index contributed by atoms with van der Waals surface area (Å²) in [6.07, 6.45) is 0. The molecule has 0 unspecified atom stereocenters. The summed E-state index contributed by atoms with van der Waals surface area (Å²) in [5.74, 6) is -0.672. The molecule has 0 fully saturated rings. The van der Waals surface area contributed by atoms with Crippen LogP contribution in [0.4, 0.5) is 5.69 Å². The second kappa shape index (κ2) is 9.27. The minimum atomic E-state index is -1.07. The van der Waals surface area contributed by atoms with E-state index in [-0.39, 0.29) is 28.6 Å². The first kappa shape index (κ1) is 22.4. The molecule has 3 aromatic rings. The van der Waals surface area contributed by atoms with Crippen LogP contribution in [0.5, 0.6) is 5.75 Å². The number of benzene rings is 3. The van der Waals surface area contributed by atoms with Crippen LogP contribution < -0.4 is 15.4 Å². The number of amides is 1. The standard InChI is InChI=1S/C24H25ClN2O4/c1-24(2,3)27-22(28)14-31-21-11-8-15-6-4-5-7-17(15)19(21)13-26-16-9-10-18(23(29)30)20(25)12-16/h4-12,26H,13-14H2,1-3H3,(H,27,28)(H,29,30). The van der Waals surface area contributed by atoms with E-state index in [0.29, 0.717) is 18.0 Å². The highest BCUT2D eigenvalue weighted by molar-refractivity contribution is 6.33. The van der Waals surface area contributed by atoms with Crippen molar-refractivity contribution < 1.29 is 19.4 Å². The minimum absolute atomic E-state index is 0.0475. The van der Waals surface area contributed by atoms with Crippen LogP contribution in [0.3, 0.4) is 0 Å². The summed E-state index contributed by atoms with van der Waals surface area (Å²) in [5.41, 5.74) is 1.28. The van der Waals surface area contributed by atoms with E-state index in [0.717, 1.165) is 16.3 Å². The van der Waals surface area contributed by atoms with Crippen LogP contribution in [0.15, 0.2) is 54.6 Å². The van der Waals surface area contributed by atoms with Gasteiger partial charge in [-0.25, -0.2) is 4.79 Å². The van der Waals surface area contributed by atoms with Crippen molar-refractivity contribution in [1.82, 2.24) is 5.32 Å². The largest absolute Gasteiger partial charge is 0.483 e. The van der Waals surface area contributed by atoms with E-state index >= 15 is 0 Å². The Hall–Kier alpha value is -3.25. The van der Waals surface area contributed by atoms with Gasteiger partial charge in [-0.05, 0) is 55.8 Å². The van der Waals surface area contributed by atoms with Crippen LogP contribution in [-0.2, 0) is 11.3 Å². The van der Waals surface area contributed by atoms with E-state index in [1.165, 1.54) is 6.07 Å². The number of carboxylic acids is 1. The summed E-state index contributed by atoms with van der Waals surface area (Å²) < 4.78 is 5.86. The number of hydrogen-bond acceptors (Lipinski definition) is 4. The highest BCUT2D eigenvalue weighted by Crippen LogP contribution is 2.30. The molecule has 0 spiro atoms. The van der Waals surface area contributed by atoms with Gasteiger partial charge in [0.25, 0.3) is 5.91 Å². The molecule has 0 heterocycles. The summed E-state index contributed by atoms with van der Waals surface area (Å²) in [6, 6.07) is 16.4. The highest BCUT2D eigenvalue weighted by atomic mass is 35.5. The first-order valence-corrected chi connectivity index (χ1v) is 10.2. The zero-order valence-electron chi connectivity index (χ0n) is 17.7. The highest BCUT2D eigenvalue weighted by Gasteiger charge is 2.16. The van der Waals surface area contributed by atoms with Gasteiger partial charge in [0.05, 0.1) is 10.6 Å². The van der Waals surface area contributed by atoms with Crippen molar-refractivity contribution in [2.45, 2.75) is 32.9 Å². The van der Waals surface area contributed by atoms with Crippen molar-refractivity contribution in [2.75, 3.05) is 11.9 Å². The quantitative estimate of drug-likeness (QED) is 0.476. The lowest BCUT2D eigenvalue weighted by Gasteiger charge is -2.21. The summed E-state index contributed by atoms with van der Waals surface area (Å²) in [6.45, 7) is 6.05. The Balaban J connectivity index is 1.84. The summed E-state index contributed by atoms with van der Waals surface area (Å²) in [5, 5.41) is 17.5. The summed E-state index contributed by atoms with van der Waals surface area (Å²) >= 11 is 6.08. The van der Waals surface area contributed by atoms with Crippen LogP contribution in [0.25, 0.3) is 10.8 Å². The topological polar surface area (TPSA) is 87.7 Å². The molecular weight excluding hydrogens is 416 g/mol. The maximum Gasteiger partial charge on any atom is 0.337 e. The Kier molecular flexibility index (Phi) is 6.71. The van der Waals surface area contributed by atoms with Gasteiger partial charge in [-0.15, -0.1) is 0 Å². The molecule has 0 bridgehead atoms. The number of halogens is 1. The fourth-order valence-corrected chi connectivity index (χ4v) is 3.48. The predicted octanol–water partition coefficient (Wildman–Crippen LogP) is 5.10. The number of carbonyl (C=O) groups excluding carboxylic acids is 1. The van der Waals surface area contributed by atoms with E-state index in [1.807, 2.05) is 57.2 Å². The first-order chi connectivity index (χ1) is 14.6. The molecular formula is C24H25ClN2O4. The molecule has 31 heavy (non-hydrogen) atoms. The Morgan fingerprint density at radius 3 is 2.48 bits per heavy atom. The third-order valence-electron chi connectivity index (χ3n) is 4.54. The van der Waals surface area contributed by atoms with Gasteiger partial charge in [0.1, 0.15) is 5.75 Å². The Morgan fingerprint density at radius 1 is 1.06 bits per heavy atom. The van der Waals surface area contributed by atoms with Gasteiger partial charge in [-0.1, -0.05) is 41.9 Å². The predicted molar refractivity (Wildman–Crippen MR) is 123 cm³/mol. The van der Waals surface area contributed by atoms with Crippen molar-refractivity contribution in [2.24, 2.45) is 0 Å². The van der Waals surface area contributed by atoms with E-state index in [2.05, 4.69) is 10.6 Å². The van der Waals surface area contributed by atoms with E-state index in [4.69, 9.17) is 21.4 Å². The zero-order chi connectivity index (χ0) is 22.6. The fourth-order valence-electron chi connectivity index (χ4n) is 3.22. The second-order valence-electron chi connectivity index (χ2n) is 8.20. The normalized spacial score (nSPS) is 11.2. The summed E-state index contributed by atoms with van der Waals surface area (Å²) in [7, 11) is 0. The number of ether oxygens (including phenoxy) is 1. The summed E-state index contributed by atoms with van der Waals surface area (Å²) in [4.78, 5) is 23.4. The third-order valence-corrected chi connectivity index (χ3v) is 4.85. The van der Waals surface area contributed by atoms with Crippen molar-refractivity contribution in [1.29, 1.82) is 0 Å². The van der Waals surface area contributed by atoms with Gasteiger partial charge in [-0.3, -0.25) is 4.79 Å². The molecule has 1 amide bonds. The number of rotatable bonds is 7. The molecule has 0 aromatic heterocycles. The molecule has 0 aliphatic carbocycles. The van der Waals surface area contributed by atoms with Crippen molar-refractivity contribution in [3.63, 3.8) is 0 Å². The lowest BCUT2D eigenvalue weighted by molar-refractivity contribution is -0.124. The van der Waals surface area contributed by atoms with Crippen LogP contribution >= 0.6 is 11.6 Å². The third kappa shape index (κ3) is 5.89. The molecule has 0 radical (unpaired) electrons. The maximum absolute atomic E-state index is 12.2. The van der Waals surface area contributed by atoms with Crippen molar-refractivity contribution >= 4 is 39.9 Å². The smallest absolute Gasteiger partial charge is 0.337 e. The Bertz CT molecular complexity index is 1120. The molecule has 3 aromatic carbocycles. The minimum Gasteiger partial charge on any atom is -0.483 e. The number of anilines is 1. The Morgan fingerprint density at radius 2 is 1.81 bits per heavy atom. The molecule has 162 valence electrons. The van der Waals surface area contributed by atoms with Gasteiger partial charge in [0, 0.05) is 23.3 Å². The maximum atomic E-state index is 12.2. The van der Waals surface area contributed by atoms with Crippen LogP contribution in [0, 0.1) is 0 Å².